The monoisotopic (exact) mass is 357 g/mol. The third kappa shape index (κ3) is 3.81. The van der Waals surface area contributed by atoms with E-state index in [-0.39, 0.29) is 5.56 Å². The molecule has 0 aliphatic carbocycles. The number of nitrogens with zero attached hydrogens (tertiary/aromatic N) is 1. The van der Waals surface area contributed by atoms with Gasteiger partial charge in [-0.05, 0) is 40.5 Å². The highest BCUT2D eigenvalue weighted by Gasteiger charge is 2.09. The molecule has 0 spiro atoms. The fraction of sp³-hybridized carbons (Fsp3) is 0.231. The van der Waals surface area contributed by atoms with Gasteiger partial charge in [0.15, 0.2) is 0 Å². The van der Waals surface area contributed by atoms with E-state index >= 15 is 0 Å². The Balaban J connectivity index is 2.07. The number of benzene rings is 1. The molecule has 100 valence electrons. The molecule has 2 rings (SSSR count). The summed E-state index contributed by atoms with van der Waals surface area (Å²) in [6.45, 7) is 2.09. The lowest BCUT2D eigenvalue weighted by Gasteiger charge is -2.03. The molecule has 19 heavy (non-hydrogen) atoms. The maximum atomic E-state index is 11.0. The first-order valence-corrected chi connectivity index (χ1v) is 8.35. The number of halogens is 1. The lowest BCUT2D eigenvalue weighted by Crippen LogP contribution is -1.97. The van der Waals surface area contributed by atoms with Crippen LogP contribution in [0.5, 0.6) is 0 Å². The van der Waals surface area contributed by atoms with Crippen molar-refractivity contribution in [3.63, 3.8) is 0 Å². The van der Waals surface area contributed by atoms with Crippen molar-refractivity contribution < 1.29 is 9.90 Å². The molecule has 1 heterocycles. The van der Waals surface area contributed by atoms with Crippen molar-refractivity contribution in [2.75, 3.05) is 0 Å². The van der Waals surface area contributed by atoms with Gasteiger partial charge in [0.25, 0.3) is 0 Å². The second-order valence-electron chi connectivity index (χ2n) is 3.82. The molecule has 0 aliphatic heterocycles. The third-order valence-corrected chi connectivity index (χ3v) is 5.22. The summed E-state index contributed by atoms with van der Waals surface area (Å²) in [6, 6.07) is 5.36. The Morgan fingerprint density at radius 1 is 1.53 bits per heavy atom. The van der Waals surface area contributed by atoms with Gasteiger partial charge in [0, 0.05) is 20.5 Å². The first kappa shape index (κ1) is 14.6. The summed E-state index contributed by atoms with van der Waals surface area (Å²) in [4.78, 5) is 16.5. The number of aromatic nitrogens is 1. The molecular weight excluding hydrogens is 346 g/mol. The number of hydrogen-bond acceptors (Lipinski definition) is 4. The van der Waals surface area contributed by atoms with Crippen molar-refractivity contribution in [2.24, 2.45) is 0 Å². The van der Waals surface area contributed by atoms with Gasteiger partial charge in [0.05, 0.1) is 16.3 Å². The first-order valence-electron chi connectivity index (χ1n) is 5.69. The number of thioether (sulfide) groups is 1. The van der Waals surface area contributed by atoms with E-state index in [9.17, 15) is 4.79 Å². The Morgan fingerprint density at radius 2 is 2.32 bits per heavy atom. The van der Waals surface area contributed by atoms with Gasteiger partial charge < -0.3 is 5.11 Å². The average molecular weight is 358 g/mol. The van der Waals surface area contributed by atoms with E-state index in [4.69, 9.17) is 5.11 Å². The molecule has 0 fully saturated rings. The van der Waals surface area contributed by atoms with Gasteiger partial charge in [0.2, 0.25) is 0 Å². The molecule has 1 aromatic carbocycles. The molecule has 3 nitrogen and oxygen atoms in total. The Hall–Kier alpha value is -0.850. The van der Waals surface area contributed by atoms with E-state index in [2.05, 4.69) is 33.2 Å². The van der Waals surface area contributed by atoms with Crippen LogP contribution in [-0.4, -0.2) is 16.1 Å². The zero-order valence-electron chi connectivity index (χ0n) is 10.2. The predicted molar refractivity (Wildman–Crippen MR) is 82.2 cm³/mol. The molecule has 0 saturated carbocycles. The minimum atomic E-state index is -0.920. The number of carbonyl (C=O) groups is 1. The molecule has 0 bridgehead atoms. The molecule has 0 radical (unpaired) electrons. The number of hydrogen-bond donors (Lipinski definition) is 1. The van der Waals surface area contributed by atoms with E-state index in [0.29, 0.717) is 4.47 Å². The molecule has 0 aliphatic rings. The second kappa shape index (κ2) is 6.54. The molecule has 6 heteroatoms. The van der Waals surface area contributed by atoms with Gasteiger partial charge in [-0.15, -0.1) is 23.1 Å². The zero-order chi connectivity index (χ0) is 13.8. The van der Waals surface area contributed by atoms with E-state index < -0.39 is 5.97 Å². The average Bonchev–Trinajstić information content (AvgIpc) is 2.85. The molecule has 0 unspecified atom stereocenters. The molecule has 0 atom stereocenters. The maximum absolute atomic E-state index is 11.0. The molecule has 0 amide bonds. The lowest BCUT2D eigenvalue weighted by atomic mass is 10.2. The molecule has 0 saturated heterocycles. The van der Waals surface area contributed by atoms with Crippen LogP contribution >= 0.6 is 39.0 Å². The van der Waals surface area contributed by atoms with Gasteiger partial charge in [-0.3, -0.25) is 0 Å². The van der Waals surface area contributed by atoms with Gasteiger partial charge in [-0.1, -0.05) is 6.92 Å². The number of aryl methyl sites for hydroxylation is 1. The fourth-order valence-electron chi connectivity index (χ4n) is 1.49. The van der Waals surface area contributed by atoms with Crippen molar-refractivity contribution in [1.29, 1.82) is 0 Å². The third-order valence-electron chi connectivity index (χ3n) is 2.46. The fourth-order valence-corrected chi connectivity index (χ4v) is 3.59. The smallest absolute Gasteiger partial charge is 0.336 e. The van der Waals surface area contributed by atoms with Crippen molar-refractivity contribution in [2.45, 2.75) is 24.0 Å². The van der Waals surface area contributed by atoms with Crippen LogP contribution in [0.1, 0.15) is 28.0 Å². The topological polar surface area (TPSA) is 50.2 Å². The maximum Gasteiger partial charge on any atom is 0.336 e. The summed E-state index contributed by atoms with van der Waals surface area (Å²) in [5.41, 5.74) is 1.34. The Labute approximate surface area is 128 Å². The van der Waals surface area contributed by atoms with Gasteiger partial charge in [-0.25, -0.2) is 9.78 Å². The first-order chi connectivity index (χ1) is 9.10. The summed E-state index contributed by atoms with van der Waals surface area (Å²) in [6.07, 6.45) is 0.955. The van der Waals surface area contributed by atoms with Crippen LogP contribution in [0.25, 0.3) is 0 Å². The SMILES string of the molecule is CCc1nc(CSc2ccc(Br)c(C(=O)O)c2)cs1. The Kier molecular flexibility index (Phi) is 5.01. The molecular formula is C13H12BrNO2S2. The van der Waals surface area contributed by atoms with Gasteiger partial charge in [0.1, 0.15) is 0 Å². The van der Waals surface area contributed by atoms with E-state index in [1.165, 1.54) is 0 Å². The van der Waals surface area contributed by atoms with Crippen LogP contribution in [0.4, 0.5) is 0 Å². The van der Waals surface area contributed by atoms with Crippen LogP contribution in [0.3, 0.4) is 0 Å². The number of thiazole rings is 1. The summed E-state index contributed by atoms with van der Waals surface area (Å²) in [5, 5.41) is 12.3. The van der Waals surface area contributed by atoms with Crippen LogP contribution < -0.4 is 0 Å². The summed E-state index contributed by atoms with van der Waals surface area (Å²) >= 11 is 6.51. The molecule has 1 N–H and O–H groups in total. The standard InChI is InChI=1S/C13H12BrNO2S2/c1-2-12-15-8(7-19-12)6-18-9-3-4-11(14)10(5-9)13(16)17/h3-5,7H,2,6H2,1H3,(H,16,17). The summed E-state index contributed by atoms with van der Waals surface area (Å²) in [5.74, 6) is -0.159. The number of carboxylic acid groups (broad SMARTS) is 1. The zero-order valence-corrected chi connectivity index (χ0v) is 13.4. The highest BCUT2D eigenvalue weighted by atomic mass is 79.9. The number of carboxylic acids is 1. The number of rotatable bonds is 5. The van der Waals surface area contributed by atoms with Crippen molar-refractivity contribution in [3.8, 4) is 0 Å². The normalized spacial score (nSPS) is 10.6. The minimum absolute atomic E-state index is 0.289. The van der Waals surface area contributed by atoms with Crippen molar-refractivity contribution in [3.05, 3.63) is 44.3 Å². The van der Waals surface area contributed by atoms with Gasteiger partial charge >= 0.3 is 5.97 Å². The van der Waals surface area contributed by atoms with Crippen LogP contribution in [0.15, 0.2) is 32.9 Å². The van der Waals surface area contributed by atoms with Crippen LogP contribution in [-0.2, 0) is 12.2 Å². The van der Waals surface area contributed by atoms with Gasteiger partial charge in [-0.2, -0.15) is 0 Å². The molecule has 2 aromatic rings. The quantitative estimate of drug-likeness (QED) is 0.802. The van der Waals surface area contributed by atoms with Crippen LogP contribution in [0, 0.1) is 0 Å². The lowest BCUT2D eigenvalue weighted by molar-refractivity contribution is 0.0695. The van der Waals surface area contributed by atoms with E-state index in [0.717, 1.165) is 27.8 Å². The highest BCUT2D eigenvalue weighted by molar-refractivity contribution is 9.10. The number of aromatic carboxylic acids is 1. The predicted octanol–water partition coefficient (Wildman–Crippen LogP) is 4.46. The summed E-state index contributed by atoms with van der Waals surface area (Å²) in [7, 11) is 0. The Morgan fingerprint density at radius 3 is 2.95 bits per heavy atom. The largest absolute Gasteiger partial charge is 0.478 e. The highest BCUT2D eigenvalue weighted by Crippen LogP contribution is 2.27. The van der Waals surface area contributed by atoms with E-state index in [1.54, 1.807) is 35.2 Å². The van der Waals surface area contributed by atoms with Crippen molar-refractivity contribution in [1.82, 2.24) is 4.98 Å². The molecule has 1 aromatic heterocycles. The Bertz CT molecular complexity index is 598. The second-order valence-corrected chi connectivity index (χ2v) is 6.67. The minimum Gasteiger partial charge on any atom is -0.478 e. The van der Waals surface area contributed by atoms with E-state index in [1.807, 2.05) is 6.07 Å². The summed E-state index contributed by atoms with van der Waals surface area (Å²) < 4.78 is 0.603. The van der Waals surface area contributed by atoms with Crippen LogP contribution in [0.2, 0.25) is 0 Å². The van der Waals surface area contributed by atoms with Crippen molar-refractivity contribution >= 4 is 45.0 Å².